The number of hydrogen-bond acceptors (Lipinski definition) is 5. The first-order valence-electron chi connectivity index (χ1n) is 8.14. The van der Waals surface area contributed by atoms with E-state index in [0.717, 1.165) is 42.6 Å². The smallest absolute Gasteiger partial charge is 0.272 e. The molecule has 1 fully saturated rings. The zero-order valence-electron chi connectivity index (χ0n) is 13.0. The van der Waals surface area contributed by atoms with Crippen molar-refractivity contribution < 1.29 is 9.53 Å². The Balaban J connectivity index is 1.66. The van der Waals surface area contributed by atoms with Gasteiger partial charge in [-0.25, -0.2) is 14.2 Å². The Bertz CT molecular complexity index is 939. The predicted molar refractivity (Wildman–Crippen MR) is 84.8 cm³/mol. The fraction of sp³-hybridized carbons (Fsp3) is 0.375. The number of nitrogens with zero attached hydrogens (tertiary/aromatic N) is 5. The highest BCUT2D eigenvalue weighted by molar-refractivity contribution is 6.00. The molecule has 0 radical (unpaired) electrons. The van der Waals surface area contributed by atoms with Gasteiger partial charge in [0, 0.05) is 30.8 Å². The summed E-state index contributed by atoms with van der Waals surface area (Å²) in [5.74, 6) is 0.512. The van der Waals surface area contributed by atoms with Crippen molar-refractivity contribution in [3.63, 3.8) is 0 Å². The summed E-state index contributed by atoms with van der Waals surface area (Å²) in [5, 5.41) is 11.7. The Morgan fingerprint density at radius 2 is 2.25 bits per heavy atom. The maximum atomic E-state index is 12.6. The minimum atomic E-state index is -0.142. The number of aryl methyl sites for hydroxylation is 1. The SMILES string of the molecule is O=C(NC1CC1)c1nn2c(c1-c1ccc3ncnn3c1)OCCC2. The zero-order valence-corrected chi connectivity index (χ0v) is 13.0. The van der Waals surface area contributed by atoms with Crippen molar-refractivity contribution in [1.29, 1.82) is 0 Å². The average Bonchev–Trinajstić information content (AvgIpc) is 3.15. The number of fused-ring (bicyclic) bond motifs is 2. The molecular formula is C16H16N6O2. The van der Waals surface area contributed by atoms with E-state index in [-0.39, 0.29) is 11.9 Å². The molecule has 4 heterocycles. The molecule has 8 nitrogen and oxygen atoms in total. The molecule has 0 saturated heterocycles. The summed E-state index contributed by atoms with van der Waals surface area (Å²) in [5.41, 5.74) is 2.74. The van der Waals surface area contributed by atoms with Crippen LogP contribution < -0.4 is 10.1 Å². The van der Waals surface area contributed by atoms with Gasteiger partial charge in [-0.15, -0.1) is 0 Å². The summed E-state index contributed by atoms with van der Waals surface area (Å²) in [6.45, 7) is 1.39. The van der Waals surface area contributed by atoms with Crippen molar-refractivity contribution in [3.05, 3.63) is 30.4 Å². The van der Waals surface area contributed by atoms with Crippen molar-refractivity contribution in [2.75, 3.05) is 6.61 Å². The Hall–Kier alpha value is -2.90. The van der Waals surface area contributed by atoms with Gasteiger partial charge in [-0.3, -0.25) is 4.79 Å². The molecule has 0 atom stereocenters. The van der Waals surface area contributed by atoms with Crippen LogP contribution in [0, 0.1) is 0 Å². The fourth-order valence-electron chi connectivity index (χ4n) is 2.99. The molecule has 0 spiro atoms. The second-order valence-corrected chi connectivity index (χ2v) is 6.18. The maximum absolute atomic E-state index is 12.6. The molecule has 1 aliphatic carbocycles. The highest BCUT2D eigenvalue weighted by Crippen LogP contribution is 2.36. The minimum Gasteiger partial charge on any atom is -0.477 e. The number of amides is 1. The third kappa shape index (κ3) is 2.14. The fourth-order valence-corrected chi connectivity index (χ4v) is 2.99. The summed E-state index contributed by atoms with van der Waals surface area (Å²) >= 11 is 0. The highest BCUT2D eigenvalue weighted by atomic mass is 16.5. The second kappa shape index (κ2) is 5.05. The van der Waals surface area contributed by atoms with Crippen LogP contribution in [0.2, 0.25) is 0 Å². The normalized spacial score (nSPS) is 16.7. The Kier molecular flexibility index (Phi) is 2.85. The van der Waals surface area contributed by atoms with Crippen molar-refractivity contribution in [3.8, 4) is 17.0 Å². The molecule has 1 amide bonds. The number of rotatable bonds is 3. The van der Waals surface area contributed by atoms with Gasteiger partial charge in [0.15, 0.2) is 11.3 Å². The van der Waals surface area contributed by atoms with E-state index in [2.05, 4.69) is 20.5 Å². The molecule has 0 aromatic carbocycles. The third-order valence-electron chi connectivity index (χ3n) is 4.35. The van der Waals surface area contributed by atoms with Crippen LogP contribution in [0.3, 0.4) is 0 Å². The van der Waals surface area contributed by atoms with Crippen LogP contribution in [0.25, 0.3) is 16.8 Å². The zero-order chi connectivity index (χ0) is 16.1. The van der Waals surface area contributed by atoms with Gasteiger partial charge in [-0.2, -0.15) is 10.2 Å². The summed E-state index contributed by atoms with van der Waals surface area (Å²) in [6.07, 6.45) is 6.32. The van der Waals surface area contributed by atoms with Crippen molar-refractivity contribution in [2.45, 2.75) is 31.8 Å². The van der Waals surface area contributed by atoms with Crippen LogP contribution in [-0.2, 0) is 6.54 Å². The summed E-state index contributed by atoms with van der Waals surface area (Å²) in [7, 11) is 0. The van der Waals surface area contributed by atoms with Crippen LogP contribution in [0.4, 0.5) is 0 Å². The first-order chi connectivity index (χ1) is 11.8. The molecule has 122 valence electrons. The predicted octanol–water partition coefficient (Wildman–Crippen LogP) is 1.27. The topological polar surface area (TPSA) is 86.3 Å². The lowest BCUT2D eigenvalue weighted by Gasteiger charge is -2.16. The van der Waals surface area contributed by atoms with E-state index in [1.165, 1.54) is 6.33 Å². The number of ether oxygens (including phenoxy) is 1. The number of nitrogens with one attached hydrogen (secondary N) is 1. The monoisotopic (exact) mass is 324 g/mol. The lowest BCUT2D eigenvalue weighted by atomic mass is 10.1. The number of hydrogen-bond donors (Lipinski definition) is 1. The molecule has 3 aromatic heterocycles. The van der Waals surface area contributed by atoms with Gasteiger partial charge in [0.1, 0.15) is 6.33 Å². The Labute approximate surface area is 137 Å². The lowest BCUT2D eigenvalue weighted by molar-refractivity contribution is 0.0945. The van der Waals surface area contributed by atoms with E-state index in [1.54, 1.807) is 9.20 Å². The van der Waals surface area contributed by atoms with Crippen molar-refractivity contribution in [1.82, 2.24) is 29.7 Å². The molecule has 1 aliphatic heterocycles. The van der Waals surface area contributed by atoms with E-state index in [9.17, 15) is 4.79 Å². The van der Waals surface area contributed by atoms with Crippen LogP contribution in [0.15, 0.2) is 24.7 Å². The quantitative estimate of drug-likeness (QED) is 0.784. The molecule has 8 heteroatoms. The standard InChI is InChI=1S/C16H16N6O2/c23-15(19-11-3-4-11)14-13(16-21(20-14)6-1-7-24-16)10-2-5-12-17-9-18-22(12)8-10/h2,5,8-9,11H,1,3-4,6-7H2,(H,19,23). The van der Waals surface area contributed by atoms with Crippen molar-refractivity contribution in [2.24, 2.45) is 0 Å². The molecule has 1 saturated carbocycles. The van der Waals surface area contributed by atoms with Gasteiger partial charge in [0.25, 0.3) is 5.91 Å². The Morgan fingerprint density at radius 3 is 3.12 bits per heavy atom. The van der Waals surface area contributed by atoms with Crippen molar-refractivity contribution >= 4 is 11.6 Å². The van der Waals surface area contributed by atoms with E-state index >= 15 is 0 Å². The average molecular weight is 324 g/mol. The molecule has 1 N–H and O–H groups in total. The van der Waals surface area contributed by atoms with Crippen LogP contribution in [0.5, 0.6) is 5.88 Å². The highest BCUT2D eigenvalue weighted by Gasteiger charge is 2.31. The number of pyridine rings is 1. The first kappa shape index (κ1) is 13.5. The van der Waals surface area contributed by atoms with Gasteiger partial charge in [0.2, 0.25) is 5.88 Å². The van der Waals surface area contributed by atoms with E-state index in [0.29, 0.717) is 18.2 Å². The minimum absolute atomic E-state index is 0.142. The molecular weight excluding hydrogens is 308 g/mol. The lowest BCUT2D eigenvalue weighted by Crippen LogP contribution is -2.26. The Morgan fingerprint density at radius 1 is 1.33 bits per heavy atom. The molecule has 3 aromatic rings. The number of carbonyl (C=O) groups excluding carboxylic acids is 1. The van der Waals surface area contributed by atoms with Crippen LogP contribution >= 0.6 is 0 Å². The van der Waals surface area contributed by atoms with E-state index in [4.69, 9.17) is 4.74 Å². The first-order valence-corrected chi connectivity index (χ1v) is 8.14. The number of aromatic nitrogens is 5. The number of carbonyl (C=O) groups is 1. The molecule has 0 bridgehead atoms. The van der Waals surface area contributed by atoms with Gasteiger partial charge in [-0.1, -0.05) is 0 Å². The molecule has 0 unspecified atom stereocenters. The van der Waals surface area contributed by atoms with Crippen LogP contribution in [-0.4, -0.2) is 42.9 Å². The van der Waals surface area contributed by atoms with Gasteiger partial charge in [-0.05, 0) is 25.0 Å². The maximum Gasteiger partial charge on any atom is 0.272 e. The molecule has 2 aliphatic rings. The van der Waals surface area contributed by atoms with E-state index < -0.39 is 0 Å². The van der Waals surface area contributed by atoms with E-state index in [1.807, 2.05) is 18.3 Å². The van der Waals surface area contributed by atoms with Crippen LogP contribution in [0.1, 0.15) is 29.8 Å². The van der Waals surface area contributed by atoms with Gasteiger partial charge < -0.3 is 10.1 Å². The van der Waals surface area contributed by atoms with Gasteiger partial charge in [0.05, 0.1) is 12.2 Å². The molecule has 5 rings (SSSR count). The largest absolute Gasteiger partial charge is 0.477 e. The third-order valence-corrected chi connectivity index (χ3v) is 4.35. The summed E-state index contributed by atoms with van der Waals surface area (Å²) < 4.78 is 9.30. The molecule has 24 heavy (non-hydrogen) atoms. The second-order valence-electron chi connectivity index (χ2n) is 6.18. The summed E-state index contributed by atoms with van der Waals surface area (Å²) in [4.78, 5) is 16.8. The summed E-state index contributed by atoms with van der Waals surface area (Å²) in [6, 6.07) is 4.08. The van der Waals surface area contributed by atoms with Gasteiger partial charge >= 0.3 is 0 Å².